The van der Waals surface area contributed by atoms with E-state index in [1.54, 1.807) is 0 Å². The summed E-state index contributed by atoms with van der Waals surface area (Å²) in [5.41, 5.74) is 0.882. The van der Waals surface area contributed by atoms with E-state index in [4.69, 9.17) is 16.3 Å². The molecule has 3 nitrogen and oxygen atoms in total. The molecule has 0 aliphatic heterocycles. The summed E-state index contributed by atoms with van der Waals surface area (Å²) in [5, 5.41) is 13.7. The molecule has 2 atom stereocenters. The maximum absolute atomic E-state index is 9.89. The Bertz CT molecular complexity index is 415. The molecule has 0 amide bonds. The van der Waals surface area contributed by atoms with Crippen molar-refractivity contribution < 1.29 is 9.84 Å². The first-order chi connectivity index (χ1) is 9.38. The van der Waals surface area contributed by atoms with Crippen LogP contribution < -0.4 is 5.32 Å². The molecule has 1 aromatic rings. The van der Waals surface area contributed by atoms with Crippen molar-refractivity contribution in [1.29, 1.82) is 0 Å². The fraction of sp³-hybridized carbons (Fsp3) is 0.600. The average Bonchev–Trinajstić information content (AvgIpc) is 2.37. The van der Waals surface area contributed by atoms with Gasteiger partial charge >= 0.3 is 0 Å². The van der Waals surface area contributed by atoms with E-state index in [1.807, 2.05) is 25.1 Å². The van der Waals surface area contributed by atoms with E-state index in [1.165, 1.54) is 0 Å². The second-order valence-corrected chi connectivity index (χ2v) is 6.70. The van der Waals surface area contributed by atoms with Crippen LogP contribution in [0.15, 0.2) is 22.7 Å². The largest absolute Gasteiger partial charge is 0.389 e. The van der Waals surface area contributed by atoms with Gasteiger partial charge in [-0.2, -0.15) is 0 Å². The third-order valence-electron chi connectivity index (χ3n) is 2.84. The Balaban J connectivity index is 2.28. The highest BCUT2D eigenvalue weighted by molar-refractivity contribution is 9.10. The molecule has 20 heavy (non-hydrogen) atoms. The molecule has 0 heterocycles. The molecule has 0 bridgehead atoms. The minimum absolute atomic E-state index is 0.173. The van der Waals surface area contributed by atoms with Gasteiger partial charge in [0, 0.05) is 16.7 Å². The first-order valence-electron chi connectivity index (χ1n) is 6.87. The van der Waals surface area contributed by atoms with E-state index >= 15 is 0 Å². The second kappa shape index (κ2) is 8.88. The van der Waals surface area contributed by atoms with Gasteiger partial charge < -0.3 is 15.2 Å². The Morgan fingerprint density at radius 3 is 2.65 bits per heavy atom. The van der Waals surface area contributed by atoms with Crippen molar-refractivity contribution >= 4 is 33.2 Å². The van der Waals surface area contributed by atoms with Crippen LogP contribution in [-0.2, 0) is 4.74 Å². The lowest BCUT2D eigenvalue weighted by atomic mass is 10.1. The standard InChI is InChI=1S/C15H23BrClNO2/c1-10(2)6-11(3)20-9-13(19)8-18-12-4-5-14(16)15(17)7-12/h4-5,7,10-11,13,18-19H,6,8-9H2,1-3H3. The Hall–Kier alpha value is -0.290. The molecule has 2 unspecified atom stereocenters. The van der Waals surface area contributed by atoms with Gasteiger partial charge in [0.1, 0.15) is 0 Å². The molecular weight excluding hydrogens is 342 g/mol. The summed E-state index contributed by atoms with van der Waals surface area (Å²) >= 11 is 9.35. The van der Waals surface area contributed by atoms with E-state index < -0.39 is 6.10 Å². The predicted molar refractivity (Wildman–Crippen MR) is 88.5 cm³/mol. The van der Waals surface area contributed by atoms with Crippen molar-refractivity contribution in [1.82, 2.24) is 0 Å². The summed E-state index contributed by atoms with van der Waals surface area (Å²) in [4.78, 5) is 0. The van der Waals surface area contributed by atoms with Gasteiger partial charge in [0.2, 0.25) is 0 Å². The van der Waals surface area contributed by atoms with Crippen molar-refractivity contribution in [2.75, 3.05) is 18.5 Å². The molecule has 1 rings (SSSR count). The SMILES string of the molecule is CC(C)CC(C)OCC(O)CNc1ccc(Br)c(Cl)c1. The zero-order valence-electron chi connectivity index (χ0n) is 12.2. The van der Waals surface area contributed by atoms with Crippen molar-refractivity contribution in [3.8, 4) is 0 Å². The quantitative estimate of drug-likeness (QED) is 0.721. The van der Waals surface area contributed by atoms with Gasteiger partial charge in [-0.25, -0.2) is 0 Å². The third-order valence-corrected chi connectivity index (χ3v) is 4.07. The molecule has 2 N–H and O–H groups in total. The third kappa shape index (κ3) is 6.93. The number of aliphatic hydroxyl groups excluding tert-OH is 1. The van der Waals surface area contributed by atoms with Crippen LogP contribution in [-0.4, -0.2) is 30.5 Å². The molecule has 0 saturated carbocycles. The average molecular weight is 365 g/mol. The van der Waals surface area contributed by atoms with Gasteiger partial charge in [0.05, 0.1) is 23.8 Å². The van der Waals surface area contributed by atoms with Crippen LogP contribution in [0, 0.1) is 5.92 Å². The molecular formula is C15H23BrClNO2. The Labute approximate surface area is 134 Å². The maximum Gasteiger partial charge on any atom is 0.0945 e. The van der Waals surface area contributed by atoms with E-state index in [9.17, 15) is 5.11 Å². The van der Waals surface area contributed by atoms with Gasteiger partial charge in [0.15, 0.2) is 0 Å². The zero-order valence-corrected chi connectivity index (χ0v) is 14.5. The second-order valence-electron chi connectivity index (χ2n) is 5.44. The summed E-state index contributed by atoms with van der Waals surface area (Å²) in [7, 11) is 0. The van der Waals surface area contributed by atoms with Gasteiger partial charge in [-0.05, 0) is 53.4 Å². The van der Waals surface area contributed by atoms with Crippen molar-refractivity contribution in [2.45, 2.75) is 39.4 Å². The molecule has 0 aliphatic rings. The highest BCUT2D eigenvalue weighted by Gasteiger charge is 2.10. The van der Waals surface area contributed by atoms with Crippen LogP contribution in [0.3, 0.4) is 0 Å². The molecule has 0 aliphatic carbocycles. The summed E-state index contributed by atoms with van der Waals surface area (Å²) in [6.45, 7) is 7.14. The number of rotatable bonds is 8. The predicted octanol–water partition coefficient (Wildman–Crippen LogP) is 4.33. The molecule has 5 heteroatoms. The highest BCUT2D eigenvalue weighted by atomic mass is 79.9. The van der Waals surface area contributed by atoms with Crippen molar-refractivity contribution in [2.24, 2.45) is 5.92 Å². The van der Waals surface area contributed by atoms with Gasteiger partial charge in [-0.3, -0.25) is 0 Å². The summed E-state index contributed by atoms with van der Waals surface area (Å²) < 4.78 is 6.48. The number of hydrogen-bond acceptors (Lipinski definition) is 3. The first kappa shape index (κ1) is 17.8. The number of ether oxygens (including phenoxy) is 1. The minimum Gasteiger partial charge on any atom is -0.389 e. The molecule has 0 radical (unpaired) electrons. The number of nitrogens with one attached hydrogen (secondary N) is 1. The Kier molecular flexibility index (Phi) is 7.88. The molecule has 0 saturated heterocycles. The van der Waals surface area contributed by atoms with Crippen LogP contribution in [0.4, 0.5) is 5.69 Å². The summed E-state index contributed by atoms with van der Waals surface area (Å²) in [6.07, 6.45) is 0.640. The van der Waals surface area contributed by atoms with Gasteiger partial charge in [-0.1, -0.05) is 25.4 Å². The fourth-order valence-corrected chi connectivity index (χ4v) is 2.34. The van der Waals surface area contributed by atoms with Crippen LogP contribution >= 0.6 is 27.5 Å². The number of halogens is 2. The zero-order chi connectivity index (χ0) is 15.1. The van der Waals surface area contributed by atoms with Gasteiger partial charge in [0.25, 0.3) is 0 Å². The van der Waals surface area contributed by atoms with Crippen LogP contribution in [0.25, 0.3) is 0 Å². The summed E-state index contributed by atoms with van der Waals surface area (Å²) in [6, 6.07) is 5.60. The molecule has 1 aromatic carbocycles. The number of hydrogen-bond donors (Lipinski definition) is 2. The maximum atomic E-state index is 9.89. The van der Waals surface area contributed by atoms with E-state index in [-0.39, 0.29) is 6.10 Å². The van der Waals surface area contributed by atoms with E-state index in [2.05, 4.69) is 35.1 Å². The molecule has 0 spiro atoms. The Morgan fingerprint density at radius 1 is 1.35 bits per heavy atom. The lowest BCUT2D eigenvalue weighted by Crippen LogP contribution is -2.27. The highest BCUT2D eigenvalue weighted by Crippen LogP contribution is 2.25. The summed E-state index contributed by atoms with van der Waals surface area (Å²) in [5.74, 6) is 0.602. The van der Waals surface area contributed by atoms with Crippen molar-refractivity contribution in [3.63, 3.8) is 0 Å². The monoisotopic (exact) mass is 363 g/mol. The van der Waals surface area contributed by atoms with Crippen LogP contribution in [0.1, 0.15) is 27.2 Å². The van der Waals surface area contributed by atoms with Gasteiger partial charge in [-0.15, -0.1) is 0 Å². The van der Waals surface area contributed by atoms with Crippen LogP contribution in [0.2, 0.25) is 5.02 Å². The van der Waals surface area contributed by atoms with Crippen molar-refractivity contribution in [3.05, 3.63) is 27.7 Å². The Morgan fingerprint density at radius 2 is 2.05 bits per heavy atom. The number of aliphatic hydroxyl groups is 1. The van der Waals surface area contributed by atoms with E-state index in [0.717, 1.165) is 16.6 Å². The van der Waals surface area contributed by atoms with E-state index in [0.29, 0.717) is 24.1 Å². The molecule has 0 fully saturated rings. The number of anilines is 1. The number of benzene rings is 1. The molecule has 0 aromatic heterocycles. The smallest absolute Gasteiger partial charge is 0.0945 e. The van der Waals surface area contributed by atoms with Crippen LogP contribution in [0.5, 0.6) is 0 Å². The molecule has 114 valence electrons. The normalized spacial score (nSPS) is 14.3. The lowest BCUT2D eigenvalue weighted by molar-refractivity contribution is -0.00443. The minimum atomic E-state index is -0.535. The lowest BCUT2D eigenvalue weighted by Gasteiger charge is -2.18. The topological polar surface area (TPSA) is 41.5 Å². The fourth-order valence-electron chi connectivity index (χ4n) is 1.91. The first-order valence-corrected chi connectivity index (χ1v) is 8.04.